The number of halogens is 1. The maximum Gasteiger partial charge on any atom is 0.287 e. The van der Waals surface area contributed by atoms with E-state index in [-0.39, 0.29) is 17.4 Å². The molecule has 0 fully saturated rings. The fraction of sp³-hybridized carbons (Fsp3) is 0.150. The topological polar surface area (TPSA) is 59.3 Å². The molecule has 0 aliphatic carbocycles. The lowest BCUT2D eigenvalue weighted by atomic mass is 10.2. The van der Waals surface area contributed by atoms with Gasteiger partial charge >= 0.3 is 0 Å². The van der Waals surface area contributed by atoms with Gasteiger partial charge in [-0.2, -0.15) is 0 Å². The molecule has 4 nitrogen and oxygen atoms in total. The third-order valence-corrected chi connectivity index (χ3v) is 5.57. The van der Waals surface area contributed by atoms with Gasteiger partial charge in [0.15, 0.2) is 5.76 Å². The highest BCUT2D eigenvalue weighted by Gasteiger charge is 2.13. The normalized spacial score (nSPS) is 11.9. The average molecular weight is 432 g/mol. The number of rotatable bonds is 6. The molecule has 0 saturated heterocycles. The van der Waals surface area contributed by atoms with Crippen molar-refractivity contribution in [2.75, 3.05) is 0 Å². The van der Waals surface area contributed by atoms with E-state index < -0.39 is 10.8 Å². The zero-order valence-electron chi connectivity index (χ0n) is 14.2. The molecule has 0 aliphatic heterocycles. The second-order valence-corrected chi connectivity index (χ2v) is 8.25. The van der Waals surface area contributed by atoms with Gasteiger partial charge in [0.05, 0.1) is 16.6 Å². The molecule has 3 aromatic rings. The van der Waals surface area contributed by atoms with Crippen LogP contribution in [0.25, 0.3) is 0 Å². The van der Waals surface area contributed by atoms with Crippen LogP contribution in [0, 0.1) is 6.92 Å². The van der Waals surface area contributed by atoms with Crippen molar-refractivity contribution in [3.8, 4) is 0 Å². The number of hydrogen-bond donors (Lipinski definition) is 1. The summed E-state index contributed by atoms with van der Waals surface area (Å²) < 4.78 is 19.0. The van der Waals surface area contributed by atoms with Crippen molar-refractivity contribution in [2.45, 2.75) is 24.1 Å². The van der Waals surface area contributed by atoms with E-state index in [1.165, 1.54) is 0 Å². The minimum atomic E-state index is -1.21. The summed E-state index contributed by atoms with van der Waals surface area (Å²) in [5, 5.41) is 2.82. The molecule has 0 aliphatic rings. The number of amides is 1. The molecule has 1 aromatic heterocycles. The Labute approximate surface area is 163 Å². The maximum atomic E-state index is 12.4. The van der Waals surface area contributed by atoms with Gasteiger partial charge in [-0.15, -0.1) is 0 Å². The Bertz CT molecular complexity index is 951. The van der Waals surface area contributed by atoms with Crippen molar-refractivity contribution in [3.05, 3.63) is 87.8 Å². The Morgan fingerprint density at radius 1 is 1.12 bits per heavy atom. The fourth-order valence-corrected chi connectivity index (χ4v) is 4.04. The number of aryl methyl sites for hydroxylation is 1. The third kappa shape index (κ3) is 4.93. The SMILES string of the molecule is Cc1cccc([S@@](=O)Cc2ccc(C(=O)NCc3cccc(Br)c3)o2)c1. The molecule has 0 bridgehead atoms. The van der Waals surface area contributed by atoms with Crippen LogP contribution in [0.15, 0.2) is 74.4 Å². The molecule has 0 radical (unpaired) electrons. The van der Waals surface area contributed by atoms with Crippen LogP contribution in [0.4, 0.5) is 0 Å². The summed E-state index contributed by atoms with van der Waals surface area (Å²) in [7, 11) is -1.21. The molecule has 1 atom stereocenters. The first kappa shape index (κ1) is 18.6. The van der Waals surface area contributed by atoms with E-state index in [9.17, 15) is 9.00 Å². The van der Waals surface area contributed by atoms with E-state index in [1.54, 1.807) is 12.1 Å². The van der Waals surface area contributed by atoms with Gasteiger partial charge in [0, 0.05) is 15.9 Å². The number of carbonyl (C=O) groups is 1. The van der Waals surface area contributed by atoms with Gasteiger partial charge in [-0.25, -0.2) is 0 Å². The van der Waals surface area contributed by atoms with Gasteiger partial charge < -0.3 is 9.73 Å². The predicted molar refractivity (Wildman–Crippen MR) is 105 cm³/mol. The summed E-state index contributed by atoms with van der Waals surface area (Å²) in [6.07, 6.45) is 0. The van der Waals surface area contributed by atoms with E-state index >= 15 is 0 Å². The first-order valence-electron chi connectivity index (χ1n) is 8.07. The van der Waals surface area contributed by atoms with Crippen LogP contribution in [0.3, 0.4) is 0 Å². The van der Waals surface area contributed by atoms with E-state index in [2.05, 4.69) is 21.2 Å². The summed E-state index contributed by atoms with van der Waals surface area (Å²) >= 11 is 3.40. The molecular weight excluding hydrogens is 414 g/mol. The lowest BCUT2D eigenvalue weighted by Crippen LogP contribution is -2.22. The highest BCUT2D eigenvalue weighted by Crippen LogP contribution is 2.16. The zero-order valence-corrected chi connectivity index (χ0v) is 16.6. The van der Waals surface area contributed by atoms with E-state index in [0.29, 0.717) is 12.3 Å². The van der Waals surface area contributed by atoms with Crippen LogP contribution < -0.4 is 5.32 Å². The monoisotopic (exact) mass is 431 g/mol. The van der Waals surface area contributed by atoms with Crippen LogP contribution in [-0.4, -0.2) is 10.1 Å². The molecule has 134 valence electrons. The van der Waals surface area contributed by atoms with Crippen molar-refractivity contribution in [3.63, 3.8) is 0 Å². The van der Waals surface area contributed by atoms with Crippen molar-refractivity contribution in [1.29, 1.82) is 0 Å². The molecule has 0 unspecified atom stereocenters. The molecule has 0 spiro atoms. The van der Waals surface area contributed by atoms with E-state index in [1.807, 2.05) is 55.5 Å². The highest BCUT2D eigenvalue weighted by atomic mass is 79.9. The van der Waals surface area contributed by atoms with Crippen LogP contribution in [0.1, 0.15) is 27.4 Å². The van der Waals surface area contributed by atoms with Gasteiger partial charge in [0.1, 0.15) is 5.76 Å². The van der Waals surface area contributed by atoms with Crippen LogP contribution >= 0.6 is 15.9 Å². The van der Waals surface area contributed by atoms with Crippen LogP contribution in [0.2, 0.25) is 0 Å². The van der Waals surface area contributed by atoms with Gasteiger partial charge in [-0.1, -0.05) is 40.2 Å². The predicted octanol–water partition coefficient (Wildman–Crippen LogP) is 4.59. The Balaban J connectivity index is 1.60. The first-order chi connectivity index (χ1) is 12.5. The summed E-state index contributed by atoms with van der Waals surface area (Å²) in [6, 6.07) is 18.6. The molecule has 1 heterocycles. The Morgan fingerprint density at radius 2 is 1.92 bits per heavy atom. The second kappa shape index (κ2) is 8.47. The Kier molecular flexibility index (Phi) is 6.06. The lowest BCUT2D eigenvalue weighted by molar-refractivity contribution is 0.0921. The highest BCUT2D eigenvalue weighted by molar-refractivity contribution is 9.10. The molecule has 2 aromatic carbocycles. The zero-order chi connectivity index (χ0) is 18.5. The molecule has 0 saturated carbocycles. The Hall–Kier alpha value is -2.18. The van der Waals surface area contributed by atoms with Crippen molar-refractivity contribution in [2.24, 2.45) is 0 Å². The van der Waals surface area contributed by atoms with Gasteiger partial charge in [0.25, 0.3) is 5.91 Å². The summed E-state index contributed by atoms with van der Waals surface area (Å²) in [5.41, 5.74) is 2.04. The molecule has 1 amide bonds. The summed E-state index contributed by atoms with van der Waals surface area (Å²) in [6.45, 7) is 2.37. The van der Waals surface area contributed by atoms with Gasteiger partial charge in [0.2, 0.25) is 0 Å². The van der Waals surface area contributed by atoms with Gasteiger partial charge in [-0.05, 0) is 54.4 Å². The van der Waals surface area contributed by atoms with Crippen LogP contribution in [-0.2, 0) is 23.1 Å². The second-order valence-electron chi connectivity index (χ2n) is 5.88. The molecule has 6 heteroatoms. The largest absolute Gasteiger partial charge is 0.455 e. The molecule has 1 N–H and O–H groups in total. The van der Waals surface area contributed by atoms with Gasteiger partial charge in [-0.3, -0.25) is 9.00 Å². The number of carbonyl (C=O) groups excluding carboxylic acids is 1. The van der Waals surface area contributed by atoms with E-state index in [0.717, 1.165) is 20.5 Å². The maximum absolute atomic E-state index is 12.4. The third-order valence-electron chi connectivity index (χ3n) is 3.75. The molecule has 26 heavy (non-hydrogen) atoms. The van der Waals surface area contributed by atoms with Crippen molar-refractivity contribution >= 4 is 32.6 Å². The minimum Gasteiger partial charge on any atom is -0.455 e. The minimum absolute atomic E-state index is 0.219. The van der Waals surface area contributed by atoms with Crippen molar-refractivity contribution < 1.29 is 13.4 Å². The lowest BCUT2D eigenvalue weighted by Gasteiger charge is -2.04. The molecular formula is C20H18BrNO3S. The first-order valence-corrected chi connectivity index (χ1v) is 10.2. The number of hydrogen-bond acceptors (Lipinski definition) is 3. The number of nitrogens with one attached hydrogen (secondary N) is 1. The van der Waals surface area contributed by atoms with E-state index in [4.69, 9.17) is 4.42 Å². The van der Waals surface area contributed by atoms with Crippen molar-refractivity contribution in [1.82, 2.24) is 5.32 Å². The Morgan fingerprint density at radius 3 is 2.69 bits per heavy atom. The number of furan rings is 1. The van der Waals surface area contributed by atoms with Crippen LogP contribution in [0.5, 0.6) is 0 Å². The quantitative estimate of drug-likeness (QED) is 0.620. The number of benzene rings is 2. The standard InChI is InChI=1S/C20H18BrNO3S/c1-14-4-2-7-18(10-14)26(24)13-17-8-9-19(25-17)20(23)22-12-15-5-3-6-16(21)11-15/h2-11H,12-13H2,1H3,(H,22,23)/t26-/m0/s1. The summed E-state index contributed by atoms with van der Waals surface area (Å²) in [4.78, 5) is 13.0. The molecule has 3 rings (SSSR count). The summed E-state index contributed by atoms with van der Waals surface area (Å²) in [5.74, 6) is 0.689. The average Bonchev–Trinajstić information content (AvgIpc) is 3.08. The smallest absolute Gasteiger partial charge is 0.287 e. The fourth-order valence-electron chi connectivity index (χ4n) is 2.46.